The lowest BCUT2D eigenvalue weighted by Crippen LogP contribution is -1.98. The second-order valence-electron chi connectivity index (χ2n) is 2.39. The Morgan fingerprint density at radius 1 is 1.42 bits per heavy atom. The van der Waals surface area contributed by atoms with Gasteiger partial charge in [0.1, 0.15) is 0 Å². The van der Waals surface area contributed by atoms with Crippen molar-refractivity contribution < 1.29 is 4.74 Å². The molecule has 0 unspecified atom stereocenters. The van der Waals surface area contributed by atoms with Crippen LogP contribution in [0.5, 0.6) is 11.6 Å². The van der Waals surface area contributed by atoms with Crippen LogP contribution in [-0.4, -0.2) is 19.7 Å². The third-order valence-electron chi connectivity index (χ3n) is 1.58. The molecular formula is C7H4N4O. The maximum atomic E-state index is 4.96. The monoisotopic (exact) mass is 160 g/mol. The third kappa shape index (κ3) is 0.701. The van der Waals surface area contributed by atoms with Crippen LogP contribution in [0, 0.1) is 0 Å². The average molecular weight is 160 g/mol. The first-order valence-electron chi connectivity index (χ1n) is 3.48. The molecule has 0 aliphatic carbocycles. The van der Waals surface area contributed by atoms with Crippen molar-refractivity contribution >= 4 is 0 Å². The summed E-state index contributed by atoms with van der Waals surface area (Å²) in [5.74, 6) is 1.94. The predicted molar refractivity (Wildman–Crippen MR) is 39.2 cm³/mol. The molecule has 0 spiro atoms. The molecule has 5 heteroatoms. The molecule has 0 fully saturated rings. The Labute approximate surface area is 67.6 Å². The van der Waals surface area contributed by atoms with Crippen LogP contribution in [0.25, 0.3) is 5.95 Å². The molecule has 0 radical (unpaired) electrons. The number of ether oxygens (including phenoxy) is 1. The van der Waals surface area contributed by atoms with Crippen molar-refractivity contribution in [3.05, 3.63) is 24.7 Å². The Kier molecular flexibility index (Phi) is 0.864. The molecule has 12 heavy (non-hydrogen) atoms. The topological polar surface area (TPSA) is 56.1 Å². The van der Waals surface area contributed by atoms with Gasteiger partial charge in [0.2, 0.25) is 5.75 Å². The van der Waals surface area contributed by atoms with E-state index in [-0.39, 0.29) is 0 Å². The van der Waals surface area contributed by atoms with Crippen molar-refractivity contribution in [2.24, 2.45) is 0 Å². The summed E-state index contributed by atoms with van der Waals surface area (Å²) in [6, 6.07) is 1.82. The number of aromatic nitrogens is 4. The van der Waals surface area contributed by atoms with Gasteiger partial charge in [-0.2, -0.15) is 10.1 Å². The van der Waals surface area contributed by atoms with Gasteiger partial charge in [-0.25, -0.2) is 9.67 Å². The second-order valence-corrected chi connectivity index (χ2v) is 2.39. The maximum absolute atomic E-state index is 4.96. The second kappa shape index (κ2) is 1.82. The van der Waals surface area contributed by atoms with E-state index in [1.54, 1.807) is 23.3 Å². The third-order valence-corrected chi connectivity index (χ3v) is 1.58. The SMILES string of the molecule is c1cnn(-c2ncc3c(n2)O3)c1. The van der Waals surface area contributed by atoms with Gasteiger partial charge in [-0.05, 0) is 6.07 Å². The molecule has 58 valence electrons. The summed E-state index contributed by atoms with van der Waals surface area (Å²) in [5, 5.41) is 3.99. The predicted octanol–water partition coefficient (Wildman–Crippen LogP) is 0.768. The first kappa shape index (κ1) is 5.70. The van der Waals surface area contributed by atoms with Gasteiger partial charge in [-0.15, -0.1) is 0 Å². The van der Waals surface area contributed by atoms with Gasteiger partial charge in [-0.1, -0.05) is 0 Å². The van der Waals surface area contributed by atoms with Crippen molar-refractivity contribution in [2.45, 2.75) is 0 Å². The Hall–Kier alpha value is -1.91. The van der Waals surface area contributed by atoms with Gasteiger partial charge in [0.05, 0.1) is 6.20 Å². The highest BCUT2D eigenvalue weighted by Crippen LogP contribution is 2.41. The molecule has 1 aliphatic rings. The number of rotatable bonds is 1. The molecule has 2 aromatic heterocycles. The van der Waals surface area contributed by atoms with Crippen LogP contribution in [0.15, 0.2) is 24.7 Å². The fourth-order valence-electron chi connectivity index (χ4n) is 0.972. The van der Waals surface area contributed by atoms with Crippen molar-refractivity contribution in [1.29, 1.82) is 0 Å². The zero-order valence-electron chi connectivity index (χ0n) is 6.01. The van der Waals surface area contributed by atoms with E-state index in [4.69, 9.17) is 4.74 Å². The van der Waals surface area contributed by atoms with Crippen LogP contribution in [-0.2, 0) is 0 Å². The van der Waals surface area contributed by atoms with Crippen LogP contribution in [0.2, 0.25) is 0 Å². The Bertz CT molecular complexity index is 423. The molecule has 2 aromatic rings. The Morgan fingerprint density at radius 2 is 2.42 bits per heavy atom. The zero-order valence-corrected chi connectivity index (χ0v) is 6.01. The van der Waals surface area contributed by atoms with E-state index in [1.807, 2.05) is 6.07 Å². The summed E-state index contributed by atoms with van der Waals surface area (Å²) >= 11 is 0. The Morgan fingerprint density at radius 3 is 3.17 bits per heavy atom. The van der Waals surface area contributed by atoms with E-state index in [0.29, 0.717) is 11.8 Å². The molecule has 0 amide bonds. The largest absolute Gasteiger partial charge is 0.428 e. The first-order chi connectivity index (χ1) is 5.93. The molecule has 0 N–H and O–H groups in total. The minimum atomic E-state index is 0.538. The van der Waals surface area contributed by atoms with Gasteiger partial charge in [-0.3, -0.25) is 0 Å². The minimum Gasteiger partial charge on any atom is -0.428 e. The molecule has 0 bridgehead atoms. The minimum absolute atomic E-state index is 0.538. The molecule has 0 saturated heterocycles. The van der Waals surface area contributed by atoms with E-state index in [1.165, 1.54) is 0 Å². The molecule has 3 heterocycles. The van der Waals surface area contributed by atoms with Crippen LogP contribution in [0.1, 0.15) is 0 Å². The quantitative estimate of drug-likeness (QED) is 0.493. The summed E-state index contributed by atoms with van der Waals surface area (Å²) in [6.07, 6.45) is 5.10. The lowest BCUT2D eigenvalue weighted by atomic mass is 10.7. The van der Waals surface area contributed by atoms with E-state index < -0.39 is 0 Å². The summed E-state index contributed by atoms with van der Waals surface area (Å²) in [6.45, 7) is 0. The summed E-state index contributed by atoms with van der Waals surface area (Å²) < 4.78 is 6.55. The molecule has 0 aromatic carbocycles. The lowest BCUT2D eigenvalue weighted by molar-refractivity contribution is 0.632. The lowest BCUT2D eigenvalue weighted by Gasteiger charge is -1.92. The first-order valence-corrected chi connectivity index (χ1v) is 3.48. The summed E-state index contributed by atoms with van der Waals surface area (Å²) in [5.41, 5.74) is 0. The van der Waals surface area contributed by atoms with Gasteiger partial charge < -0.3 is 4.74 Å². The number of hydrogen-bond donors (Lipinski definition) is 0. The summed E-state index contributed by atoms with van der Waals surface area (Å²) in [4.78, 5) is 8.11. The van der Waals surface area contributed by atoms with Crippen LogP contribution in [0.4, 0.5) is 0 Å². The molecule has 1 aliphatic heterocycles. The van der Waals surface area contributed by atoms with Crippen LogP contribution < -0.4 is 4.74 Å². The molecule has 0 atom stereocenters. The number of hydrogen-bond acceptors (Lipinski definition) is 4. The highest BCUT2D eigenvalue weighted by Gasteiger charge is 2.23. The standard InChI is InChI=1S/C7H4N4O/c1-2-9-11(3-1)7-8-4-5-6(10-7)12-5/h1-4H. The van der Waals surface area contributed by atoms with E-state index in [2.05, 4.69) is 15.1 Å². The van der Waals surface area contributed by atoms with Gasteiger partial charge in [0.15, 0.2) is 0 Å². The Balaban J connectivity index is 2.14. The van der Waals surface area contributed by atoms with Gasteiger partial charge >= 0.3 is 0 Å². The highest BCUT2D eigenvalue weighted by atomic mass is 16.6. The molecule has 5 nitrogen and oxygen atoms in total. The van der Waals surface area contributed by atoms with Gasteiger partial charge in [0.25, 0.3) is 11.8 Å². The average Bonchev–Trinajstić information content (AvgIpc) is 2.66. The number of fused-ring (bicyclic) bond motifs is 1. The van der Waals surface area contributed by atoms with Crippen molar-refractivity contribution in [3.63, 3.8) is 0 Å². The van der Waals surface area contributed by atoms with Crippen LogP contribution >= 0.6 is 0 Å². The van der Waals surface area contributed by atoms with Crippen molar-refractivity contribution in [3.8, 4) is 17.6 Å². The van der Waals surface area contributed by atoms with Crippen molar-refractivity contribution in [2.75, 3.05) is 0 Å². The molecular weight excluding hydrogens is 156 g/mol. The smallest absolute Gasteiger partial charge is 0.268 e. The summed E-state index contributed by atoms with van der Waals surface area (Å²) in [7, 11) is 0. The van der Waals surface area contributed by atoms with E-state index >= 15 is 0 Å². The zero-order chi connectivity index (χ0) is 7.97. The maximum Gasteiger partial charge on any atom is 0.268 e. The normalized spacial score (nSPS) is 12.0. The van der Waals surface area contributed by atoms with Crippen molar-refractivity contribution in [1.82, 2.24) is 19.7 Å². The molecule has 3 rings (SSSR count). The fraction of sp³-hybridized carbons (Fsp3) is 0. The highest BCUT2D eigenvalue weighted by molar-refractivity contribution is 5.47. The van der Waals surface area contributed by atoms with Crippen LogP contribution in [0.3, 0.4) is 0 Å². The fourth-order valence-corrected chi connectivity index (χ4v) is 0.972. The van der Waals surface area contributed by atoms with Gasteiger partial charge in [0, 0.05) is 12.4 Å². The molecule has 0 saturated carbocycles. The number of nitrogens with zero attached hydrogens (tertiary/aromatic N) is 4. The van der Waals surface area contributed by atoms with E-state index in [0.717, 1.165) is 5.75 Å². The van der Waals surface area contributed by atoms with E-state index in [9.17, 15) is 0 Å².